The minimum absolute atomic E-state index is 0.165. The minimum Gasteiger partial charge on any atom is -0.395 e. The summed E-state index contributed by atoms with van der Waals surface area (Å²) in [6.45, 7) is 4.59. The van der Waals surface area contributed by atoms with Crippen LogP contribution in [-0.4, -0.2) is 36.2 Å². The van der Waals surface area contributed by atoms with Gasteiger partial charge in [0.2, 0.25) is 0 Å². The molecule has 2 nitrogen and oxygen atoms in total. The van der Waals surface area contributed by atoms with Crippen molar-refractivity contribution < 1.29 is 5.11 Å². The summed E-state index contributed by atoms with van der Waals surface area (Å²) in [6.07, 6.45) is 3.55. The van der Waals surface area contributed by atoms with E-state index in [9.17, 15) is 0 Å². The lowest BCUT2D eigenvalue weighted by Crippen LogP contribution is -2.29. The van der Waals surface area contributed by atoms with Crippen LogP contribution in [-0.2, 0) is 0 Å². The smallest absolute Gasteiger partial charge is 0.0558 e. The highest BCUT2D eigenvalue weighted by molar-refractivity contribution is 6.36. The second-order valence-corrected chi connectivity index (χ2v) is 3.97. The van der Waals surface area contributed by atoms with Gasteiger partial charge in [0.15, 0.2) is 0 Å². The maximum Gasteiger partial charge on any atom is 0.0558 e. The number of nitrogens with zero attached hydrogens (tertiary/aromatic N) is 1. The van der Waals surface area contributed by atoms with E-state index in [2.05, 4.69) is 11.8 Å². The molecule has 0 aliphatic heterocycles. The Balaban J connectivity index is 3.76. The number of hydrogen-bond acceptors (Lipinski definition) is 2. The molecule has 84 valence electrons. The Kier molecular flexibility index (Phi) is 9.95. The molecule has 0 aliphatic rings. The number of unbranched alkanes of at least 4 members (excludes halogenated alkanes) is 2. The van der Waals surface area contributed by atoms with Crippen molar-refractivity contribution in [2.45, 2.75) is 26.2 Å². The molecular formula is C10H19Cl2NO. The minimum atomic E-state index is 0.165. The molecule has 0 unspecified atom stereocenters. The van der Waals surface area contributed by atoms with Gasteiger partial charge in [-0.3, -0.25) is 4.90 Å². The topological polar surface area (TPSA) is 23.5 Å². The van der Waals surface area contributed by atoms with E-state index in [0.717, 1.165) is 13.0 Å². The highest BCUT2D eigenvalue weighted by atomic mass is 35.5. The van der Waals surface area contributed by atoms with Crippen LogP contribution in [0.1, 0.15) is 26.2 Å². The summed E-state index contributed by atoms with van der Waals surface area (Å²) >= 11 is 11.3. The van der Waals surface area contributed by atoms with Gasteiger partial charge < -0.3 is 5.11 Å². The maximum atomic E-state index is 8.84. The number of hydrogen-bond donors (Lipinski definition) is 1. The van der Waals surface area contributed by atoms with Gasteiger partial charge in [-0.05, 0) is 13.0 Å². The lowest BCUT2D eigenvalue weighted by atomic mass is 10.2. The van der Waals surface area contributed by atoms with Crippen LogP contribution in [0.15, 0.2) is 10.6 Å². The van der Waals surface area contributed by atoms with E-state index in [1.54, 1.807) is 0 Å². The third kappa shape index (κ3) is 7.63. The van der Waals surface area contributed by atoms with Crippen LogP contribution >= 0.6 is 23.2 Å². The highest BCUT2D eigenvalue weighted by Gasteiger charge is 2.05. The van der Waals surface area contributed by atoms with Crippen LogP contribution in [0.25, 0.3) is 0 Å². The fourth-order valence-corrected chi connectivity index (χ4v) is 1.48. The van der Waals surface area contributed by atoms with Crippen LogP contribution in [0.3, 0.4) is 0 Å². The fraction of sp³-hybridized carbons (Fsp3) is 0.800. The van der Waals surface area contributed by atoms with Gasteiger partial charge in [-0.1, -0.05) is 43.0 Å². The molecule has 0 spiro atoms. The highest BCUT2D eigenvalue weighted by Crippen LogP contribution is 2.07. The van der Waals surface area contributed by atoms with E-state index in [-0.39, 0.29) is 6.61 Å². The number of halogens is 2. The van der Waals surface area contributed by atoms with E-state index in [1.807, 2.05) is 0 Å². The third-order valence-electron chi connectivity index (χ3n) is 1.99. The second kappa shape index (κ2) is 9.78. The van der Waals surface area contributed by atoms with E-state index < -0.39 is 0 Å². The summed E-state index contributed by atoms with van der Waals surface area (Å²) < 4.78 is 0. The predicted octanol–water partition coefficient (Wildman–Crippen LogP) is 2.79. The maximum absolute atomic E-state index is 8.84. The number of rotatable bonds is 8. The van der Waals surface area contributed by atoms with Crippen molar-refractivity contribution >= 4 is 23.2 Å². The van der Waals surface area contributed by atoms with E-state index in [1.165, 1.54) is 18.4 Å². The Morgan fingerprint density at radius 1 is 1.36 bits per heavy atom. The first-order valence-electron chi connectivity index (χ1n) is 5.02. The molecule has 0 saturated heterocycles. The van der Waals surface area contributed by atoms with Crippen molar-refractivity contribution in [2.75, 3.05) is 26.2 Å². The van der Waals surface area contributed by atoms with Gasteiger partial charge in [0, 0.05) is 23.7 Å². The van der Waals surface area contributed by atoms with Gasteiger partial charge in [-0.2, -0.15) is 0 Å². The molecule has 0 aromatic carbocycles. The Morgan fingerprint density at radius 2 is 2.07 bits per heavy atom. The Hall–Kier alpha value is 0.240. The van der Waals surface area contributed by atoms with E-state index >= 15 is 0 Å². The molecule has 0 bridgehead atoms. The molecule has 0 rings (SSSR count). The molecule has 0 heterocycles. The first-order valence-corrected chi connectivity index (χ1v) is 5.84. The second-order valence-electron chi connectivity index (χ2n) is 3.26. The quantitative estimate of drug-likeness (QED) is 0.659. The largest absolute Gasteiger partial charge is 0.395 e. The molecule has 4 heteroatoms. The van der Waals surface area contributed by atoms with Crippen molar-refractivity contribution in [1.82, 2.24) is 4.90 Å². The zero-order valence-corrected chi connectivity index (χ0v) is 10.2. The molecule has 0 fully saturated rings. The molecule has 0 aromatic rings. The first kappa shape index (κ1) is 14.2. The molecule has 1 N–H and O–H groups in total. The average Bonchev–Trinajstić information content (AvgIpc) is 2.18. The molecule has 0 amide bonds. The SMILES string of the molecule is CCCCCN(CCO)CC(Cl)=CCl. The molecule has 0 aromatic heterocycles. The zero-order valence-electron chi connectivity index (χ0n) is 8.68. The molecule has 14 heavy (non-hydrogen) atoms. The van der Waals surface area contributed by atoms with E-state index in [0.29, 0.717) is 18.1 Å². The van der Waals surface area contributed by atoms with Crippen molar-refractivity contribution in [3.05, 3.63) is 10.6 Å². The van der Waals surface area contributed by atoms with Gasteiger partial charge in [0.1, 0.15) is 0 Å². The average molecular weight is 240 g/mol. The molecule has 0 saturated carbocycles. The summed E-state index contributed by atoms with van der Waals surface area (Å²) in [5.74, 6) is 0. The van der Waals surface area contributed by atoms with E-state index in [4.69, 9.17) is 28.3 Å². The van der Waals surface area contributed by atoms with Gasteiger partial charge in [0.05, 0.1) is 6.61 Å². The van der Waals surface area contributed by atoms with Gasteiger partial charge in [-0.25, -0.2) is 0 Å². The Morgan fingerprint density at radius 3 is 2.57 bits per heavy atom. The summed E-state index contributed by atoms with van der Waals surface area (Å²) in [4.78, 5) is 2.11. The number of aliphatic hydroxyl groups excluding tert-OH is 1. The number of aliphatic hydroxyl groups is 1. The van der Waals surface area contributed by atoms with Crippen LogP contribution in [0.2, 0.25) is 0 Å². The normalized spacial score (nSPS) is 12.5. The van der Waals surface area contributed by atoms with Gasteiger partial charge in [-0.15, -0.1) is 0 Å². The first-order chi connectivity index (χ1) is 6.74. The summed E-state index contributed by atoms with van der Waals surface area (Å²) in [7, 11) is 0. The fourth-order valence-electron chi connectivity index (χ4n) is 1.24. The summed E-state index contributed by atoms with van der Waals surface area (Å²) in [5, 5.41) is 9.46. The van der Waals surface area contributed by atoms with Crippen molar-refractivity contribution in [1.29, 1.82) is 0 Å². The predicted molar refractivity (Wildman–Crippen MR) is 62.8 cm³/mol. The van der Waals surface area contributed by atoms with Gasteiger partial charge in [0.25, 0.3) is 0 Å². The van der Waals surface area contributed by atoms with Crippen LogP contribution < -0.4 is 0 Å². The van der Waals surface area contributed by atoms with Gasteiger partial charge >= 0.3 is 0 Å². The molecular weight excluding hydrogens is 221 g/mol. The Labute approximate surface area is 96.5 Å². The van der Waals surface area contributed by atoms with Crippen LogP contribution in [0, 0.1) is 0 Å². The van der Waals surface area contributed by atoms with Crippen molar-refractivity contribution in [2.24, 2.45) is 0 Å². The summed E-state index contributed by atoms with van der Waals surface area (Å²) in [6, 6.07) is 0. The van der Waals surface area contributed by atoms with Crippen LogP contribution in [0.5, 0.6) is 0 Å². The zero-order chi connectivity index (χ0) is 10.8. The Bertz CT molecular complexity index is 162. The van der Waals surface area contributed by atoms with Crippen molar-refractivity contribution in [3.63, 3.8) is 0 Å². The standard InChI is InChI=1S/C10H19Cl2NO/c1-2-3-4-5-13(6-7-14)9-10(12)8-11/h8,14H,2-7,9H2,1H3. The van der Waals surface area contributed by atoms with Crippen molar-refractivity contribution in [3.8, 4) is 0 Å². The lowest BCUT2D eigenvalue weighted by Gasteiger charge is -2.20. The lowest BCUT2D eigenvalue weighted by molar-refractivity contribution is 0.205. The molecule has 0 aliphatic carbocycles. The monoisotopic (exact) mass is 239 g/mol. The molecule has 0 radical (unpaired) electrons. The third-order valence-corrected chi connectivity index (χ3v) is 2.59. The van der Waals surface area contributed by atoms with Crippen LogP contribution in [0.4, 0.5) is 0 Å². The molecule has 0 atom stereocenters. The summed E-state index contributed by atoms with van der Waals surface area (Å²) in [5.41, 5.74) is 1.38.